The molecular formula is C47H61N9O14S. The summed E-state index contributed by atoms with van der Waals surface area (Å²) < 4.78 is 22.4. The Labute approximate surface area is 414 Å². The zero-order valence-electron chi connectivity index (χ0n) is 40.7. The van der Waals surface area contributed by atoms with Crippen LogP contribution in [0.5, 0.6) is 17.2 Å². The Morgan fingerprint density at radius 1 is 0.704 bits per heavy atom. The fraction of sp³-hybridized carbons (Fsp3) is 0.468. The lowest BCUT2D eigenvalue weighted by Crippen LogP contribution is -2.51. The van der Waals surface area contributed by atoms with Crippen LogP contribution in [0.4, 0.5) is 0 Å². The van der Waals surface area contributed by atoms with E-state index in [1.54, 1.807) is 64.1 Å². The van der Waals surface area contributed by atoms with Crippen LogP contribution < -0.4 is 51.4 Å². The van der Waals surface area contributed by atoms with Gasteiger partial charge in [-0.15, -0.1) is 0 Å². The lowest BCUT2D eigenvalue weighted by atomic mass is 10.1. The van der Waals surface area contributed by atoms with Crippen molar-refractivity contribution in [3.8, 4) is 17.2 Å². The van der Waals surface area contributed by atoms with Gasteiger partial charge in [0.1, 0.15) is 11.8 Å². The van der Waals surface area contributed by atoms with Gasteiger partial charge in [0.25, 0.3) is 17.7 Å². The lowest BCUT2D eigenvalue weighted by molar-refractivity contribution is -0.144. The van der Waals surface area contributed by atoms with Gasteiger partial charge in [-0.3, -0.25) is 52.9 Å². The summed E-state index contributed by atoms with van der Waals surface area (Å²) in [4.78, 5) is 130. The maximum Gasteiger partial charge on any atom is 0.289 e. The zero-order valence-corrected chi connectivity index (χ0v) is 41.5. The highest BCUT2D eigenvalue weighted by Crippen LogP contribution is 2.28. The molecule has 0 bridgehead atoms. The first-order valence-corrected chi connectivity index (χ1v) is 23.4. The summed E-state index contributed by atoms with van der Waals surface area (Å²) >= 11 is 0.797. The van der Waals surface area contributed by atoms with Crippen LogP contribution in [0.1, 0.15) is 63.4 Å². The number of methoxy groups -OCH3 is 2. The van der Waals surface area contributed by atoms with Crippen LogP contribution in [0.15, 0.2) is 48.7 Å². The number of ether oxygens (including phenoxy) is 4. The van der Waals surface area contributed by atoms with Crippen molar-refractivity contribution >= 4 is 80.8 Å². The number of rotatable bonds is 26. The van der Waals surface area contributed by atoms with E-state index in [1.165, 1.54) is 38.3 Å². The molecule has 1 aliphatic rings. The fourth-order valence-electron chi connectivity index (χ4n) is 7.10. The molecule has 0 saturated carbocycles. The molecule has 24 heteroatoms. The van der Waals surface area contributed by atoms with Gasteiger partial charge in [-0.2, -0.15) is 0 Å². The molecule has 1 fully saturated rings. The van der Waals surface area contributed by atoms with Crippen LogP contribution in [0.2, 0.25) is 0 Å². The molecule has 2 heterocycles. The summed E-state index contributed by atoms with van der Waals surface area (Å²) in [5, 5.41) is 17.9. The van der Waals surface area contributed by atoms with Gasteiger partial charge in [-0.1, -0.05) is 17.8 Å². The molecule has 1 saturated heterocycles. The normalized spacial score (nSPS) is 13.3. The molecule has 1 aliphatic heterocycles. The average molecular weight is 1010 g/mol. The van der Waals surface area contributed by atoms with Crippen molar-refractivity contribution in [2.24, 2.45) is 0 Å². The number of carbonyl (C=O) groups is 10. The van der Waals surface area contributed by atoms with E-state index in [0.29, 0.717) is 46.6 Å². The predicted molar refractivity (Wildman–Crippen MR) is 258 cm³/mol. The van der Waals surface area contributed by atoms with Gasteiger partial charge in [0, 0.05) is 50.8 Å². The number of nitrogens with one attached hydrogen (secondary N) is 7. The van der Waals surface area contributed by atoms with Crippen LogP contribution in [0.3, 0.4) is 0 Å². The summed E-state index contributed by atoms with van der Waals surface area (Å²) in [6, 6.07) is 10.3. The molecule has 3 aromatic rings. The number of hydrogen-bond donors (Lipinski definition) is 7. The van der Waals surface area contributed by atoms with E-state index in [-0.39, 0.29) is 62.3 Å². The molecule has 0 aliphatic carbocycles. The van der Waals surface area contributed by atoms with Crippen molar-refractivity contribution < 1.29 is 66.9 Å². The molecule has 2 aromatic carbocycles. The van der Waals surface area contributed by atoms with Crippen LogP contribution in [0, 0.1) is 0 Å². The second-order valence-electron chi connectivity index (χ2n) is 17.3. The summed E-state index contributed by atoms with van der Waals surface area (Å²) in [6.07, 6.45) is 2.22. The van der Waals surface area contributed by atoms with Crippen molar-refractivity contribution in [1.82, 2.24) is 47.1 Å². The minimum Gasteiger partial charge on any atom is -0.493 e. The summed E-state index contributed by atoms with van der Waals surface area (Å²) in [6.45, 7) is 6.70. The molecule has 0 unspecified atom stereocenters. The molecular weight excluding hydrogens is 947 g/mol. The van der Waals surface area contributed by atoms with Gasteiger partial charge in [-0.25, -0.2) is 0 Å². The summed E-state index contributed by atoms with van der Waals surface area (Å²) in [5.74, 6) is -4.31. The van der Waals surface area contributed by atoms with Gasteiger partial charge in [0.05, 0.1) is 68.4 Å². The van der Waals surface area contributed by atoms with Crippen molar-refractivity contribution in [2.45, 2.75) is 71.2 Å². The number of aromatic nitrogens is 1. The van der Waals surface area contributed by atoms with Gasteiger partial charge in [0.15, 0.2) is 23.2 Å². The molecule has 384 valence electrons. The quantitative estimate of drug-likeness (QED) is 0.0507. The first-order valence-electron chi connectivity index (χ1n) is 22.4. The van der Waals surface area contributed by atoms with Crippen molar-refractivity contribution in [3.05, 3.63) is 59.8 Å². The Balaban J connectivity index is 1.16. The minimum atomic E-state index is -0.972. The van der Waals surface area contributed by atoms with Crippen molar-refractivity contribution in [3.63, 3.8) is 0 Å². The molecule has 1 aromatic heterocycles. The first kappa shape index (κ1) is 56.2. The van der Waals surface area contributed by atoms with E-state index in [0.717, 1.165) is 11.8 Å². The van der Waals surface area contributed by atoms with Crippen LogP contribution >= 0.6 is 11.8 Å². The first-order chi connectivity index (χ1) is 33.6. The SMILES string of the molecule is COc1ccc(CNC(=O)C(=O)[C@@H]2CCCN2C(=O)CNC(=O)c2ccnc3cc(OCC(=O)NCC(C)(C)OC(C)(C)CNC(=O)CNC(=O)CNC(=O)CNC(=O)CSC(C)=O)ccc23)cc1OC. The maximum atomic E-state index is 13.3. The number of fused-ring (bicyclic) bond motifs is 1. The van der Waals surface area contributed by atoms with E-state index in [4.69, 9.17) is 18.9 Å². The van der Waals surface area contributed by atoms with E-state index >= 15 is 0 Å². The third-order valence-corrected chi connectivity index (χ3v) is 11.3. The number of carbonyl (C=O) groups excluding carboxylic acids is 10. The Morgan fingerprint density at radius 2 is 1.32 bits per heavy atom. The molecule has 4 rings (SSSR count). The third kappa shape index (κ3) is 18.5. The van der Waals surface area contributed by atoms with Crippen LogP contribution in [0.25, 0.3) is 10.9 Å². The van der Waals surface area contributed by atoms with Crippen molar-refractivity contribution in [1.29, 1.82) is 0 Å². The smallest absolute Gasteiger partial charge is 0.289 e. The monoisotopic (exact) mass is 1010 g/mol. The fourth-order valence-corrected chi connectivity index (χ4v) is 7.54. The number of nitrogens with zero attached hydrogens (tertiary/aromatic N) is 2. The summed E-state index contributed by atoms with van der Waals surface area (Å²) in [7, 11) is 2.99. The predicted octanol–water partition coefficient (Wildman–Crippen LogP) is -0.328. The number of thioether (sulfide) groups is 1. The average Bonchev–Trinajstić information content (AvgIpc) is 3.84. The molecule has 23 nitrogen and oxygen atoms in total. The zero-order chi connectivity index (χ0) is 52.3. The van der Waals surface area contributed by atoms with Crippen LogP contribution in [-0.4, -0.2) is 158 Å². The number of benzene rings is 2. The minimum absolute atomic E-state index is 0.0471. The topological polar surface area (TPSA) is 308 Å². The lowest BCUT2D eigenvalue weighted by Gasteiger charge is -2.36. The Kier molecular flexibility index (Phi) is 21.1. The van der Waals surface area contributed by atoms with Crippen LogP contribution in [-0.2, 0) is 54.4 Å². The number of hydrogen-bond acceptors (Lipinski definition) is 16. The number of ketones is 1. The Hall–Kier alpha value is -7.34. The number of pyridine rings is 1. The molecule has 0 spiro atoms. The second kappa shape index (κ2) is 26.6. The van der Waals surface area contributed by atoms with Gasteiger partial charge >= 0.3 is 0 Å². The number of likely N-dealkylation sites (tertiary alicyclic amines) is 1. The summed E-state index contributed by atoms with van der Waals surface area (Å²) in [5.41, 5.74) is -0.552. The standard InChI is InChI=1S/C47H61N9O14S/c1-28(57)71-25-41(62)51-21-38(59)49-20-37(58)50-22-39(60)54-26-46(2,3)70-47(4,5)27-55-40(61)24-69-30-11-12-31-32(14-15-48-33(31)18-30)44(65)53-23-42(63)56-16-8-9-34(56)43(64)45(66)52-19-29-10-13-35(67-6)36(17-29)68-7/h10-15,17-18,34H,8-9,16,19-27H2,1-7H3,(H,49,59)(H,50,58)(H,51,62)(H,52,66)(H,53,65)(H,54,60)(H,55,61)/t34-/m0/s1. The molecule has 7 N–H and O–H groups in total. The van der Waals surface area contributed by atoms with Gasteiger partial charge in [-0.05, 0) is 76.4 Å². The van der Waals surface area contributed by atoms with Crippen molar-refractivity contribution in [2.75, 3.05) is 72.4 Å². The van der Waals surface area contributed by atoms with E-state index in [9.17, 15) is 47.9 Å². The Morgan fingerprint density at radius 3 is 1.96 bits per heavy atom. The van der Waals surface area contributed by atoms with E-state index in [2.05, 4.69) is 42.2 Å². The van der Waals surface area contributed by atoms with E-state index < -0.39 is 83.4 Å². The second-order valence-corrected chi connectivity index (χ2v) is 18.4. The van der Waals surface area contributed by atoms with Gasteiger partial charge in [0.2, 0.25) is 35.3 Å². The maximum absolute atomic E-state index is 13.3. The molecule has 8 amide bonds. The third-order valence-electron chi connectivity index (χ3n) is 10.4. The molecule has 1 atom stereocenters. The largest absolute Gasteiger partial charge is 0.493 e. The number of amides is 8. The molecule has 71 heavy (non-hydrogen) atoms. The highest BCUT2D eigenvalue weighted by molar-refractivity contribution is 8.14. The highest BCUT2D eigenvalue weighted by atomic mass is 32.2. The highest BCUT2D eigenvalue weighted by Gasteiger charge is 2.37. The van der Waals surface area contributed by atoms with Gasteiger partial charge < -0.3 is 61.1 Å². The molecule has 0 radical (unpaired) electrons. The Bertz CT molecular complexity index is 2480. The van der Waals surface area contributed by atoms with E-state index in [1.807, 2.05) is 0 Å². The number of Topliss-reactive ketones (excluding diaryl/α,β-unsaturated/α-hetero) is 1.